The summed E-state index contributed by atoms with van der Waals surface area (Å²) < 4.78 is 25.9. The quantitative estimate of drug-likeness (QED) is 0.795. The van der Waals surface area contributed by atoms with E-state index in [2.05, 4.69) is 0 Å². The molecule has 1 atom stereocenters. The van der Waals surface area contributed by atoms with Crippen molar-refractivity contribution in [2.24, 2.45) is 5.73 Å². The molecule has 1 aromatic rings. The molecule has 1 rings (SSSR count). The van der Waals surface area contributed by atoms with E-state index in [-0.39, 0.29) is 6.04 Å². The lowest BCUT2D eigenvalue weighted by Crippen LogP contribution is -2.22. The summed E-state index contributed by atoms with van der Waals surface area (Å²) in [7, 11) is 0. The molecule has 78 valence electrons. The summed E-state index contributed by atoms with van der Waals surface area (Å²) in [6, 6.07) is 2.77. The summed E-state index contributed by atoms with van der Waals surface area (Å²) in [5.41, 5.74) is 6.91. The fraction of sp³-hybridized carbons (Fsp3) is 0.455. The predicted octanol–water partition coefficient (Wildman–Crippen LogP) is 2.55. The van der Waals surface area contributed by atoms with Gasteiger partial charge in [-0.05, 0) is 37.0 Å². The summed E-state index contributed by atoms with van der Waals surface area (Å²) in [6.07, 6.45) is 1.43. The summed E-state index contributed by atoms with van der Waals surface area (Å²) >= 11 is 0. The zero-order valence-corrected chi connectivity index (χ0v) is 8.48. The van der Waals surface area contributed by atoms with Gasteiger partial charge < -0.3 is 5.73 Å². The molecule has 1 nitrogen and oxygen atoms in total. The highest BCUT2D eigenvalue weighted by Crippen LogP contribution is 2.17. The standard InChI is InChI=1S/C11H15F2N/c1-3-9(14)6-8-4-5-10(12)11(13)7(8)2/h4-5,9H,3,6,14H2,1-2H3. The van der Waals surface area contributed by atoms with Gasteiger partial charge in [0.1, 0.15) is 0 Å². The van der Waals surface area contributed by atoms with Gasteiger partial charge in [0.05, 0.1) is 0 Å². The molecule has 0 aliphatic carbocycles. The molecule has 0 heterocycles. The lowest BCUT2D eigenvalue weighted by Gasteiger charge is -2.11. The molecule has 0 bridgehead atoms. The first-order chi connectivity index (χ1) is 6.56. The van der Waals surface area contributed by atoms with Gasteiger partial charge in [0, 0.05) is 6.04 Å². The third kappa shape index (κ3) is 2.29. The Morgan fingerprint density at radius 3 is 2.57 bits per heavy atom. The summed E-state index contributed by atoms with van der Waals surface area (Å²) in [5, 5.41) is 0. The number of rotatable bonds is 3. The molecule has 2 N–H and O–H groups in total. The zero-order valence-electron chi connectivity index (χ0n) is 8.48. The van der Waals surface area contributed by atoms with Gasteiger partial charge in [-0.3, -0.25) is 0 Å². The molecule has 0 spiro atoms. The van der Waals surface area contributed by atoms with Gasteiger partial charge in [0.25, 0.3) is 0 Å². The van der Waals surface area contributed by atoms with Crippen LogP contribution in [0, 0.1) is 18.6 Å². The second kappa shape index (κ2) is 4.51. The van der Waals surface area contributed by atoms with Crippen molar-refractivity contribution in [3.05, 3.63) is 34.9 Å². The predicted molar refractivity (Wildman–Crippen MR) is 53.1 cm³/mol. The van der Waals surface area contributed by atoms with Gasteiger partial charge in [-0.25, -0.2) is 8.78 Å². The Bertz CT molecular complexity index is 323. The summed E-state index contributed by atoms with van der Waals surface area (Å²) in [4.78, 5) is 0. The number of nitrogens with two attached hydrogens (primary N) is 1. The van der Waals surface area contributed by atoms with E-state index in [0.717, 1.165) is 18.1 Å². The number of hydrogen-bond acceptors (Lipinski definition) is 1. The van der Waals surface area contributed by atoms with Gasteiger partial charge >= 0.3 is 0 Å². The van der Waals surface area contributed by atoms with Crippen LogP contribution in [0.2, 0.25) is 0 Å². The molecule has 1 unspecified atom stereocenters. The van der Waals surface area contributed by atoms with Crippen molar-refractivity contribution in [2.45, 2.75) is 32.7 Å². The molecule has 0 saturated carbocycles. The fourth-order valence-corrected chi connectivity index (χ4v) is 1.34. The van der Waals surface area contributed by atoms with Crippen LogP contribution < -0.4 is 5.73 Å². The lowest BCUT2D eigenvalue weighted by atomic mass is 10.00. The number of hydrogen-bond donors (Lipinski definition) is 1. The summed E-state index contributed by atoms with van der Waals surface area (Å²) in [6.45, 7) is 3.55. The minimum atomic E-state index is -0.795. The second-order valence-corrected chi connectivity index (χ2v) is 3.52. The minimum Gasteiger partial charge on any atom is -0.327 e. The first-order valence-corrected chi connectivity index (χ1v) is 4.75. The van der Waals surface area contributed by atoms with Crippen LogP contribution in [0.15, 0.2) is 12.1 Å². The molecule has 0 fully saturated rings. The van der Waals surface area contributed by atoms with Gasteiger partial charge in [-0.1, -0.05) is 13.0 Å². The topological polar surface area (TPSA) is 26.0 Å². The highest BCUT2D eigenvalue weighted by atomic mass is 19.2. The van der Waals surface area contributed by atoms with Crippen LogP contribution in [-0.4, -0.2) is 6.04 Å². The van der Waals surface area contributed by atoms with Crippen LogP contribution >= 0.6 is 0 Å². The van der Waals surface area contributed by atoms with E-state index in [1.165, 1.54) is 0 Å². The van der Waals surface area contributed by atoms with E-state index < -0.39 is 11.6 Å². The molecule has 1 aromatic carbocycles. The van der Waals surface area contributed by atoms with E-state index in [1.807, 2.05) is 6.92 Å². The van der Waals surface area contributed by atoms with Crippen molar-refractivity contribution in [3.63, 3.8) is 0 Å². The van der Waals surface area contributed by atoms with Gasteiger partial charge in [-0.15, -0.1) is 0 Å². The van der Waals surface area contributed by atoms with Crippen molar-refractivity contribution in [1.29, 1.82) is 0 Å². The van der Waals surface area contributed by atoms with Gasteiger partial charge in [0.15, 0.2) is 11.6 Å². The monoisotopic (exact) mass is 199 g/mol. The molecule has 0 aliphatic heterocycles. The van der Waals surface area contributed by atoms with Crippen molar-refractivity contribution in [1.82, 2.24) is 0 Å². The minimum absolute atomic E-state index is 0.0126. The van der Waals surface area contributed by atoms with E-state index in [4.69, 9.17) is 5.73 Å². The maximum absolute atomic E-state index is 13.1. The highest BCUT2D eigenvalue weighted by Gasteiger charge is 2.11. The van der Waals surface area contributed by atoms with Crippen LogP contribution in [0.25, 0.3) is 0 Å². The average molecular weight is 199 g/mol. The lowest BCUT2D eigenvalue weighted by molar-refractivity contribution is 0.499. The molecule has 14 heavy (non-hydrogen) atoms. The SMILES string of the molecule is CCC(N)Cc1ccc(F)c(F)c1C. The zero-order chi connectivity index (χ0) is 10.7. The normalized spacial score (nSPS) is 12.9. The van der Waals surface area contributed by atoms with E-state index in [1.54, 1.807) is 13.0 Å². The molecular formula is C11H15F2N. The molecule has 0 radical (unpaired) electrons. The summed E-state index contributed by atoms with van der Waals surface area (Å²) in [5.74, 6) is -1.55. The average Bonchev–Trinajstić information content (AvgIpc) is 2.19. The number of benzene rings is 1. The van der Waals surface area contributed by atoms with Crippen molar-refractivity contribution in [3.8, 4) is 0 Å². The third-order valence-corrected chi connectivity index (χ3v) is 2.46. The van der Waals surface area contributed by atoms with Crippen LogP contribution in [-0.2, 0) is 6.42 Å². The molecule has 3 heteroatoms. The number of halogens is 2. The third-order valence-electron chi connectivity index (χ3n) is 2.46. The Balaban J connectivity index is 2.94. The smallest absolute Gasteiger partial charge is 0.161 e. The Labute approximate surface area is 82.9 Å². The van der Waals surface area contributed by atoms with Crippen LogP contribution in [0.1, 0.15) is 24.5 Å². The van der Waals surface area contributed by atoms with Crippen molar-refractivity contribution in [2.75, 3.05) is 0 Å². The molecule has 0 aliphatic rings. The van der Waals surface area contributed by atoms with Crippen LogP contribution in [0.4, 0.5) is 8.78 Å². The van der Waals surface area contributed by atoms with Crippen molar-refractivity contribution >= 4 is 0 Å². The molecular weight excluding hydrogens is 184 g/mol. The second-order valence-electron chi connectivity index (χ2n) is 3.52. The van der Waals surface area contributed by atoms with Crippen molar-refractivity contribution < 1.29 is 8.78 Å². The Kier molecular flexibility index (Phi) is 3.58. The van der Waals surface area contributed by atoms with Crippen LogP contribution in [0.5, 0.6) is 0 Å². The largest absolute Gasteiger partial charge is 0.327 e. The maximum atomic E-state index is 13.1. The highest BCUT2D eigenvalue weighted by molar-refractivity contribution is 5.28. The maximum Gasteiger partial charge on any atom is 0.161 e. The Morgan fingerprint density at radius 2 is 2.00 bits per heavy atom. The van der Waals surface area contributed by atoms with E-state index in [9.17, 15) is 8.78 Å². The van der Waals surface area contributed by atoms with E-state index in [0.29, 0.717) is 12.0 Å². The molecule has 0 saturated heterocycles. The first-order valence-electron chi connectivity index (χ1n) is 4.75. The van der Waals surface area contributed by atoms with Crippen LogP contribution in [0.3, 0.4) is 0 Å². The fourth-order valence-electron chi connectivity index (χ4n) is 1.34. The molecule has 0 aromatic heterocycles. The van der Waals surface area contributed by atoms with Gasteiger partial charge in [0.2, 0.25) is 0 Å². The Morgan fingerprint density at radius 1 is 1.36 bits per heavy atom. The Hall–Kier alpha value is -0.960. The first kappa shape index (κ1) is 11.1. The van der Waals surface area contributed by atoms with Gasteiger partial charge in [-0.2, -0.15) is 0 Å². The van der Waals surface area contributed by atoms with E-state index >= 15 is 0 Å². The molecule has 0 amide bonds.